The molecule has 1 fully saturated rings. The van der Waals surface area contributed by atoms with Crippen LogP contribution >= 0.6 is 11.8 Å². The van der Waals surface area contributed by atoms with Crippen LogP contribution < -0.4 is 14.8 Å². The Balaban J connectivity index is 1.75. The normalized spacial score (nSPS) is 14.4. The van der Waals surface area contributed by atoms with Gasteiger partial charge in [0, 0.05) is 12.1 Å². The molecule has 0 bridgehead atoms. The van der Waals surface area contributed by atoms with Crippen LogP contribution in [0, 0.1) is 0 Å². The first kappa shape index (κ1) is 24.1. The summed E-state index contributed by atoms with van der Waals surface area (Å²) in [6, 6.07) is 4.64. The minimum atomic E-state index is -0.610. The van der Waals surface area contributed by atoms with Gasteiger partial charge in [-0.1, -0.05) is 11.8 Å². The third kappa shape index (κ3) is 6.92. The van der Waals surface area contributed by atoms with E-state index in [0.29, 0.717) is 35.1 Å². The number of ether oxygens (including phenoxy) is 4. The number of thioether (sulfide) groups is 1. The predicted octanol–water partition coefficient (Wildman–Crippen LogP) is 0.957. The Bertz CT molecular complexity index is 871. The number of hydrogen-bond acceptors (Lipinski definition) is 9. The van der Waals surface area contributed by atoms with E-state index in [9.17, 15) is 19.2 Å². The fourth-order valence-corrected chi connectivity index (χ4v) is 3.58. The molecule has 1 aromatic rings. The van der Waals surface area contributed by atoms with Crippen LogP contribution in [0.15, 0.2) is 29.3 Å². The zero-order valence-electron chi connectivity index (χ0n) is 17.5. The molecule has 0 saturated carbocycles. The highest BCUT2D eigenvalue weighted by Crippen LogP contribution is 2.29. The molecule has 0 aromatic heterocycles. The summed E-state index contributed by atoms with van der Waals surface area (Å²) in [5.41, 5.74) is 0.306. The van der Waals surface area contributed by atoms with Gasteiger partial charge in [0.05, 0.1) is 44.8 Å². The van der Waals surface area contributed by atoms with Crippen molar-refractivity contribution in [2.24, 2.45) is 0 Å². The minimum absolute atomic E-state index is 0.0605. The Kier molecular flexibility index (Phi) is 9.19. The molecule has 1 aliphatic heterocycles. The molecule has 0 spiro atoms. The van der Waals surface area contributed by atoms with Crippen LogP contribution in [0.1, 0.15) is 16.8 Å². The molecule has 31 heavy (non-hydrogen) atoms. The van der Waals surface area contributed by atoms with Gasteiger partial charge >= 0.3 is 11.9 Å². The van der Waals surface area contributed by atoms with Crippen molar-refractivity contribution in [1.29, 1.82) is 0 Å². The van der Waals surface area contributed by atoms with Gasteiger partial charge in [-0.3, -0.25) is 14.4 Å². The summed E-state index contributed by atoms with van der Waals surface area (Å²) in [6.07, 6.45) is 1.63. The molecule has 0 atom stereocenters. The van der Waals surface area contributed by atoms with Crippen molar-refractivity contribution in [3.8, 4) is 11.5 Å². The fourth-order valence-electron chi connectivity index (χ4n) is 2.62. The fraction of sp³-hybridized carbons (Fsp3) is 0.400. The zero-order valence-corrected chi connectivity index (χ0v) is 18.3. The number of amides is 2. The summed E-state index contributed by atoms with van der Waals surface area (Å²) in [4.78, 5) is 48.8. The molecule has 1 heterocycles. The molecule has 0 radical (unpaired) electrons. The van der Waals surface area contributed by atoms with E-state index in [-0.39, 0.29) is 24.8 Å². The lowest BCUT2D eigenvalue weighted by atomic mass is 10.2. The van der Waals surface area contributed by atoms with Crippen LogP contribution in [0.2, 0.25) is 0 Å². The monoisotopic (exact) mass is 452 g/mol. The van der Waals surface area contributed by atoms with E-state index in [4.69, 9.17) is 14.2 Å². The van der Waals surface area contributed by atoms with E-state index >= 15 is 0 Å². The highest BCUT2D eigenvalue weighted by Gasteiger charge is 2.27. The number of nitrogens with one attached hydrogen (secondary N) is 1. The summed E-state index contributed by atoms with van der Waals surface area (Å²) in [5.74, 6) is -0.625. The van der Waals surface area contributed by atoms with Crippen LogP contribution in [0.4, 0.5) is 0 Å². The van der Waals surface area contributed by atoms with E-state index in [1.807, 2.05) is 0 Å². The maximum atomic E-state index is 12.2. The van der Waals surface area contributed by atoms with Crippen molar-refractivity contribution >= 4 is 35.5 Å². The summed E-state index contributed by atoms with van der Waals surface area (Å²) in [7, 11) is 4.20. The molecule has 2 amide bonds. The summed E-state index contributed by atoms with van der Waals surface area (Å²) in [6.45, 7) is 0.0458. The number of nitrogens with zero attached hydrogens (tertiary/aromatic N) is 1. The summed E-state index contributed by atoms with van der Waals surface area (Å²) < 4.78 is 19.9. The SMILES string of the molecule is COC(=O)/C=C1/SCC(=O)N1CCCOC(=O)CNC(=O)c1ccc(OC)c(OC)c1. The van der Waals surface area contributed by atoms with Gasteiger partial charge in [-0.15, -0.1) is 0 Å². The first-order chi connectivity index (χ1) is 14.9. The second-order valence-electron chi connectivity index (χ2n) is 6.17. The van der Waals surface area contributed by atoms with E-state index in [0.717, 1.165) is 0 Å². The molecule has 1 aliphatic rings. The maximum absolute atomic E-state index is 12.2. The largest absolute Gasteiger partial charge is 0.493 e. The molecule has 0 unspecified atom stereocenters. The Morgan fingerprint density at radius 3 is 2.58 bits per heavy atom. The number of carbonyl (C=O) groups excluding carboxylic acids is 4. The molecule has 1 aromatic carbocycles. The molecule has 2 rings (SSSR count). The van der Waals surface area contributed by atoms with Crippen LogP contribution in [0.25, 0.3) is 0 Å². The van der Waals surface area contributed by atoms with Gasteiger partial charge in [-0.25, -0.2) is 4.79 Å². The van der Waals surface area contributed by atoms with E-state index in [2.05, 4.69) is 10.1 Å². The molecule has 1 saturated heterocycles. The van der Waals surface area contributed by atoms with Gasteiger partial charge in [0.15, 0.2) is 11.5 Å². The Morgan fingerprint density at radius 1 is 1.16 bits per heavy atom. The molecule has 1 N–H and O–H groups in total. The molecular formula is C20H24N2O8S. The Labute approximate surface area is 183 Å². The third-order valence-electron chi connectivity index (χ3n) is 4.18. The lowest BCUT2D eigenvalue weighted by molar-refractivity contribution is -0.142. The number of rotatable bonds is 10. The lowest BCUT2D eigenvalue weighted by Gasteiger charge is -2.16. The van der Waals surface area contributed by atoms with Crippen molar-refractivity contribution in [3.05, 3.63) is 34.9 Å². The Hall–Kier alpha value is -3.21. The molecule has 10 nitrogen and oxygen atoms in total. The van der Waals surface area contributed by atoms with Crippen molar-refractivity contribution < 1.29 is 38.1 Å². The second kappa shape index (κ2) is 11.8. The lowest BCUT2D eigenvalue weighted by Crippen LogP contribution is -2.31. The van der Waals surface area contributed by atoms with Crippen LogP contribution in [-0.2, 0) is 23.9 Å². The minimum Gasteiger partial charge on any atom is -0.493 e. The van der Waals surface area contributed by atoms with Gasteiger partial charge < -0.3 is 29.2 Å². The van der Waals surface area contributed by atoms with E-state index < -0.39 is 17.8 Å². The first-order valence-corrected chi connectivity index (χ1v) is 10.3. The van der Waals surface area contributed by atoms with Crippen molar-refractivity contribution in [3.63, 3.8) is 0 Å². The molecule has 168 valence electrons. The highest BCUT2D eigenvalue weighted by molar-refractivity contribution is 8.04. The van der Waals surface area contributed by atoms with E-state index in [1.54, 1.807) is 12.1 Å². The number of esters is 2. The number of carbonyl (C=O) groups is 4. The van der Waals surface area contributed by atoms with Gasteiger partial charge in [0.2, 0.25) is 5.91 Å². The second-order valence-corrected chi connectivity index (χ2v) is 7.16. The van der Waals surface area contributed by atoms with Gasteiger partial charge in [0.25, 0.3) is 5.91 Å². The van der Waals surface area contributed by atoms with Crippen LogP contribution in [0.3, 0.4) is 0 Å². The van der Waals surface area contributed by atoms with Crippen molar-refractivity contribution in [1.82, 2.24) is 10.2 Å². The average Bonchev–Trinajstić information content (AvgIpc) is 3.13. The van der Waals surface area contributed by atoms with Crippen molar-refractivity contribution in [2.75, 3.05) is 46.8 Å². The molecule has 0 aliphatic carbocycles. The predicted molar refractivity (Wildman–Crippen MR) is 112 cm³/mol. The highest BCUT2D eigenvalue weighted by atomic mass is 32.2. The zero-order chi connectivity index (χ0) is 22.8. The third-order valence-corrected chi connectivity index (χ3v) is 5.21. The maximum Gasteiger partial charge on any atom is 0.333 e. The molecule has 11 heteroatoms. The Morgan fingerprint density at radius 2 is 1.90 bits per heavy atom. The quantitative estimate of drug-likeness (QED) is 0.314. The standard InChI is InChI=1S/C20H24N2O8S/c1-27-14-6-5-13(9-15(14)28-2)20(26)21-11-19(25)30-8-4-7-22-16(23)12-31-17(22)10-18(24)29-3/h5-6,9-10H,4,7-8,11-12H2,1-3H3,(H,21,26)/b17-10+. The summed E-state index contributed by atoms with van der Waals surface area (Å²) >= 11 is 1.25. The number of benzene rings is 1. The van der Waals surface area contributed by atoms with Crippen LogP contribution in [-0.4, -0.2) is 75.4 Å². The number of hydrogen-bond donors (Lipinski definition) is 1. The van der Waals surface area contributed by atoms with Crippen molar-refractivity contribution in [2.45, 2.75) is 6.42 Å². The number of methoxy groups -OCH3 is 3. The topological polar surface area (TPSA) is 120 Å². The average molecular weight is 452 g/mol. The van der Waals surface area contributed by atoms with Gasteiger partial charge in [-0.05, 0) is 24.6 Å². The smallest absolute Gasteiger partial charge is 0.333 e. The molecular weight excluding hydrogens is 428 g/mol. The summed E-state index contributed by atoms with van der Waals surface area (Å²) in [5, 5.41) is 2.98. The first-order valence-electron chi connectivity index (χ1n) is 9.28. The van der Waals surface area contributed by atoms with Gasteiger partial charge in [-0.2, -0.15) is 0 Å². The van der Waals surface area contributed by atoms with Crippen LogP contribution in [0.5, 0.6) is 11.5 Å². The van der Waals surface area contributed by atoms with Gasteiger partial charge in [0.1, 0.15) is 6.54 Å². The van der Waals surface area contributed by atoms with E-state index in [1.165, 1.54) is 50.1 Å².